The first-order chi connectivity index (χ1) is 12.7. The number of nitrogens with zero attached hydrogens (tertiary/aromatic N) is 3. The zero-order valence-corrected chi connectivity index (χ0v) is 14.6. The first kappa shape index (κ1) is 15.8. The van der Waals surface area contributed by atoms with Crippen LogP contribution in [0.3, 0.4) is 0 Å². The molecule has 1 aromatic carbocycles. The maximum Gasteiger partial charge on any atom is 0.252 e. The Labute approximate surface area is 151 Å². The number of aromatic nitrogens is 3. The number of aliphatic hydroxyl groups excluding tert-OH is 1. The summed E-state index contributed by atoms with van der Waals surface area (Å²) in [4.78, 5) is 17.6. The lowest BCUT2D eigenvalue weighted by Crippen LogP contribution is -2.35. The molecule has 3 aromatic rings. The Morgan fingerprint density at radius 2 is 2.08 bits per heavy atom. The summed E-state index contributed by atoms with van der Waals surface area (Å²) in [5, 5.41) is 16.0. The second-order valence-electron chi connectivity index (χ2n) is 7.49. The molecule has 0 saturated heterocycles. The van der Waals surface area contributed by atoms with Crippen LogP contribution in [0.4, 0.5) is 0 Å². The fraction of sp³-hybridized carbons (Fsp3) is 0.400. The van der Waals surface area contributed by atoms with Crippen LogP contribution in [0.2, 0.25) is 0 Å². The van der Waals surface area contributed by atoms with E-state index in [9.17, 15) is 9.90 Å². The van der Waals surface area contributed by atoms with Crippen molar-refractivity contribution in [2.45, 2.75) is 38.6 Å². The standard InChI is InChI=1S/C20H22N4O2/c25-19(13-5-6-13)18-10-16-12-23(7-8-24(16)22-18)11-15-9-14-3-1-2-4-17(14)21-20(15)26/h1-4,9-10,13,19,25H,5-8,11-12H2,(H,21,26)/t19-/m0/s1. The molecule has 5 rings (SSSR count). The van der Waals surface area contributed by atoms with Gasteiger partial charge in [0.25, 0.3) is 5.56 Å². The Morgan fingerprint density at radius 1 is 1.23 bits per heavy atom. The number of benzene rings is 1. The van der Waals surface area contributed by atoms with Crippen LogP contribution in [0.5, 0.6) is 0 Å². The van der Waals surface area contributed by atoms with Crippen LogP contribution >= 0.6 is 0 Å². The molecule has 0 amide bonds. The van der Waals surface area contributed by atoms with Gasteiger partial charge in [-0.2, -0.15) is 5.10 Å². The van der Waals surface area contributed by atoms with E-state index in [0.29, 0.717) is 12.5 Å². The van der Waals surface area contributed by atoms with Crippen molar-refractivity contribution in [3.8, 4) is 0 Å². The lowest BCUT2D eigenvalue weighted by molar-refractivity contribution is 0.147. The molecule has 1 aliphatic heterocycles. The summed E-state index contributed by atoms with van der Waals surface area (Å²) in [6.07, 6.45) is 1.77. The number of nitrogens with one attached hydrogen (secondary N) is 1. The minimum Gasteiger partial charge on any atom is -0.386 e. The van der Waals surface area contributed by atoms with Crippen LogP contribution in [-0.4, -0.2) is 31.3 Å². The van der Waals surface area contributed by atoms with Crippen molar-refractivity contribution >= 4 is 10.9 Å². The Kier molecular flexibility index (Phi) is 3.69. The van der Waals surface area contributed by atoms with E-state index in [1.54, 1.807) is 0 Å². The largest absolute Gasteiger partial charge is 0.386 e. The first-order valence-corrected chi connectivity index (χ1v) is 9.25. The van der Waals surface area contributed by atoms with Crippen molar-refractivity contribution in [3.05, 3.63) is 63.7 Å². The molecule has 0 unspecified atom stereocenters. The predicted molar refractivity (Wildman–Crippen MR) is 98.6 cm³/mol. The molecule has 2 aromatic heterocycles. The van der Waals surface area contributed by atoms with Gasteiger partial charge < -0.3 is 10.1 Å². The average Bonchev–Trinajstić information content (AvgIpc) is 3.41. The van der Waals surface area contributed by atoms with Crippen LogP contribution in [0.25, 0.3) is 10.9 Å². The van der Waals surface area contributed by atoms with Crippen LogP contribution in [0.15, 0.2) is 41.2 Å². The molecule has 1 fully saturated rings. The van der Waals surface area contributed by atoms with Gasteiger partial charge in [-0.15, -0.1) is 0 Å². The lowest BCUT2D eigenvalue weighted by atomic mass is 10.1. The van der Waals surface area contributed by atoms with Crippen molar-refractivity contribution in [3.63, 3.8) is 0 Å². The molecule has 1 saturated carbocycles. The summed E-state index contributed by atoms with van der Waals surface area (Å²) in [6, 6.07) is 11.9. The summed E-state index contributed by atoms with van der Waals surface area (Å²) in [5.74, 6) is 0.388. The third kappa shape index (κ3) is 2.85. The van der Waals surface area contributed by atoms with Gasteiger partial charge in [0.2, 0.25) is 0 Å². The van der Waals surface area contributed by atoms with E-state index in [0.717, 1.165) is 60.3 Å². The summed E-state index contributed by atoms with van der Waals surface area (Å²) >= 11 is 0. The fourth-order valence-corrected chi connectivity index (χ4v) is 3.83. The second kappa shape index (κ2) is 6.07. The summed E-state index contributed by atoms with van der Waals surface area (Å²) in [6.45, 7) is 3.00. The third-order valence-electron chi connectivity index (χ3n) is 5.49. The van der Waals surface area contributed by atoms with Gasteiger partial charge in [-0.05, 0) is 42.3 Å². The second-order valence-corrected chi connectivity index (χ2v) is 7.49. The number of fused-ring (bicyclic) bond motifs is 2. The smallest absolute Gasteiger partial charge is 0.252 e. The summed E-state index contributed by atoms with van der Waals surface area (Å²) < 4.78 is 2.00. The lowest BCUT2D eigenvalue weighted by Gasteiger charge is -2.27. The van der Waals surface area contributed by atoms with Gasteiger partial charge >= 0.3 is 0 Å². The van der Waals surface area contributed by atoms with Gasteiger partial charge in [0.15, 0.2) is 0 Å². The van der Waals surface area contributed by atoms with Crippen molar-refractivity contribution in [1.82, 2.24) is 19.7 Å². The van der Waals surface area contributed by atoms with E-state index in [1.165, 1.54) is 0 Å². The van der Waals surface area contributed by atoms with Gasteiger partial charge in [0, 0.05) is 30.7 Å². The molecule has 0 radical (unpaired) electrons. The Morgan fingerprint density at radius 3 is 2.92 bits per heavy atom. The first-order valence-electron chi connectivity index (χ1n) is 9.25. The van der Waals surface area contributed by atoms with Crippen molar-refractivity contribution in [1.29, 1.82) is 0 Å². The highest BCUT2D eigenvalue weighted by atomic mass is 16.3. The Balaban J connectivity index is 1.36. The summed E-state index contributed by atoms with van der Waals surface area (Å²) in [5.41, 5.74) is 3.55. The van der Waals surface area contributed by atoms with E-state index in [-0.39, 0.29) is 5.56 Å². The molecule has 0 spiro atoms. The summed E-state index contributed by atoms with van der Waals surface area (Å²) in [7, 11) is 0. The maximum atomic E-state index is 12.4. The number of pyridine rings is 1. The van der Waals surface area contributed by atoms with E-state index < -0.39 is 6.10 Å². The van der Waals surface area contributed by atoms with Crippen LogP contribution < -0.4 is 5.56 Å². The van der Waals surface area contributed by atoms with E-state index >= 15 is 0 Å². The zero-order chi connectivity index (χ0) is 17.7. The van der Waals surface area contributed by atoms with E-state index in [1.807, 2.05) is 41.1 Å². The molecule has 1 atom stereocenters. The topological polar surface area (TPSA) is 74.2 Å². The molecule has 6 nitrogen and oxygen atoms in total. The van der Waals surface area contributed by atoms with Gasteiger partial charge in [-0.25, -0.2) is 0 Å². The molecule has 134 valence electrons. The molecule has 3 heterocycles. The van der Waals surface area contributed by atoms with Crippen LogP contribution in [0, 0.1) is 5.92 Å². The molecular formula is C20H22N4O2. The average molecular weight is 350 g/mol. The normalized spacial score (nSPS) is 18.8. The van der Waals surface area contributed by atoms with E-state index in [2.05, 4.69) is 15.0 Å². The van der Waals surface area contributed by atoms with Gasteiger partial charge in [-0.3, -0.25) is 14.4 Å². The monoisotopic (exact) mass is 350 g/mol. The van der Waals surface area contributed by atoms with Gasteiger partial charge in [0.05, 0.1) is 17.9 Å². The number of hydrogen-bond donors (Lipinski definition) is 2. The minimum atomic E-state index is -0.426. The highest BCUT2D eigenvalue weighted by molar-refractivity contribution is 5.78. The molecule has 2 N–H and O–H groups in total. The number of aromatic amines is 1. The molecular weight excluding hydrogens is 328 g/mol. The number of rotatable bonds is 4. The van der Waals surface area contributed by atoms with Crippen molar-refractivity contribution in [2.24, 2.45) is 5.92 Å². The van der Waals surface area contributed by atoms with Gasteiger partial charge in [0.1, 0.15) is 6.10 Å². The Bertz CT molecular complexity index is 1020. The molecule has 6 heteroatoms. The third-order valence-corrected chi connectivity index (χ3v) is 5.49. The van der Waals surface area contributed by atoms with Crippen molar-refractivity contribution in [2.75, 3.05) is 6.54 Å². The fourth-order valence-electron chi connectivity index (χ4n) is 3.83. The molecule has 26 heavy (non-hydrogen) atoms. The SMILES string of the molecule is O=c1[nH]c2ccccc2cc1CN1CCn2nc([C@@H](O)C3CC3)cc2C1. The van der Waals surface area contributed by atoms with E-state index in [4.69, 9.17) is 0 Å². The Hall–Kier alpha value is -2.44. The molecule has 1 aliphatic carbocycles. The number of H-pyrrole nitrogens is 1. The predicted octanol–water partition coefficient (Wildman–Crippen LogP) is 2.18. The molecule has 0 bridgehead atoms. The van der Waals surface area contributed by atoms with Crippen molar-refractivity contribution < 1.29 is 5.11 Å². The quantitative estimate of drug-likeness (QED) is 0.756. The number of para-hydroxylation sites is 1. The molecule has 2 aliphatic rings. The minimum absolute atomic E-state index is 0.0207. The number of hydrogen-bond acceptors (Lipinski definition) is 4. The number of aliphatic hydroxyl groups is 1. The zero-order valence-electron chi connectivity index (χ0n) is 14.6. The van der Waals surface area contributed by atoms with Crippen LogP contribution in [-0.2, 0) is 19.6 Å². The highest BCUT2D eigenvalue weighted by Crippen LogP contribution is 2.40. The highest BCUT2D eigenvalue weighted by Gasteiger charge is 2.33. The maximum absolute atomic E-state index is 12.4. The van der Waals surface area contributed by atoms with Crippen LogP contribution in [0.1, 0.15) is 35.9 Å². The van der Waals surface area contributed by atoms with Gasteiger partial charge in [-0.1, -0.05) is 18.2 Å².